The summed E-state index contributed by atoms with van der Waals surface area (Å²) in [6.45, 7) is 0. The van der Waals surface area contributed by atoms with Gasteiger partial charge in [0.25, 0.3) is 5.91 Å². The van der Waals surface area contributed by atoms with Crippen molar-refractivity contribution in [3.8, 4) is 11.5 Å². The number of nitrogens with two attached hydrogens (primary N) is 1. The molecule has 1 heterocycles. The molecule has 2 aromatic rings. The third kappa shape index (κ3) is 3.73. The van der Waals surface area contributed by atoms with Gasteiger partial charge in [0.2, 0.25) is 5.91 Å². The lowest BCUT2D eigenvalue weighted by molar-refractivity contribution is -0.124. The van der Waals surface area contributed by atoms with Crippen LogP contribution in [-0.4, -0.2) is 48.6 Å². The van der Waals surface area contributed by atoms with Crippen molar-refractivity contribution in [1.29, 1.82) is 0 Å². The predicted molar refractivity (Wildman–Crippen MR) is 112 cm³/mol. The number of benzene rings is 1. The number of hydrogen-bond donors (Lipinski definition) is 3. The Balaban J connectivity index is 1.59. The second-order valence-corrected chi connectivity index (χ2v) is 7.41. The first-order valence-electron chi connectivity index (χ1n) is 9.77. The molecule has 8 nitrogen and oxygen atoms in total. The van der Waals surface area contributed by atoms with E-state index in [-0.39, 0.29) is 23.6 Å². The molecule has 2 aliphatic carbocycles. The molecule has 1 aromatic carbocycles. The molecule has 0 atom stereocenters. The molecule has 0 unspecified atom stereocenters. The second kappa shape index (κ2) is 7.79. The molecule has 0 aliphatic heterocycles. The molecular weight excluding hydrogens is 384 g/mol. The third-order valence-corrected chi connectivity index (χ3v) is 5.35. The molecule has 156 valence electrons. The molecule has 0 radical (unpaired) electrons. The number of carbonyl (C=O) groups is 2. The van der Waals surface area contributed by atoms with E-state index in [0.717, 1.165) is 12.8 Å². The van der Waals surface area contributed by atoms with Crippen molar-refractivity contribution in [3.63, 3.8) is 0 Å². The highest BCUT2D eigenvalue weighted by atomic mass is 16.5. The Labute approximate surface area is 174 Å². The van der Waals surface area contributed by atoms with E-state index in [4.69, 9.17) is 15.2 Å². The maximum atomic E-state index is 12.6. The molecule has 30 heavy (non-hydrogen) atoms. The maximum absolute atomic E-state index is 12.6. The van der Waals surface area contributed by atoms with Crippen molar-refractivity contribution in [2.45, 2.75) is 30.5 Å². The van der Waals surface area contributed by atoms with Crippen LogP contribution in [0.4, 0.5) is 0 Å². The van der Waals surface area contributed by atoms with Crippen molar-refractivity contribution in [1.82, 2.24) is 15.6 Å². The number of ether oxygens (including phenoxy) is 2. The average Bonchev–Trinajstić information content (AvgIpc) is 3.57. The Hall–Kier alpha value is -3.39. The van der Waals surface area contributed by atoms with E-state index in [9.17, 15) is 9.59 Å². The minimum absolute atomic E-state index is 0.0778. The largest absolute Gasteiger partial charge is 0.496 e. The van der Waals surface area contributed by atoms with Gasteiger partial charge in [-0.2, -0.15) is 0 Å². The van der Waals surface area contributed by atoms with Crippen LogP contribution in [-0.2, 0) is 4.79 Å². The quantitative estimate of drug-likeness (QED) is 0.598. The minimum Gasteiger partial charge on any atom is -0.496 e. The fraction of sp³-hybridized carbons (Fsp3) is 0.318. The van der Waals surface area contributed by atoms with E-state index in [1.165, 1.54) is 7.11 Å². The fourth-order valence-electron chi connectivity index (χ4n) is 3.41. The number of rotatable bonds is 7. The van der Waals surface area contributed by atoms with Gasteiger partial charge in [0.1, 0.15) is 23.1 Å². The summed E-state index contributed by atoms with van der Waals surface area (Å²) in [5.74, 6) is 0.230. The lowest BCUT2D eigenvalue weighted by Gasteiger charge is -2.29. The van der Waals surface area contributed by atoms with E-state index in [0.29, 0.717) is 22.4 Å². The van der Waals surface area contributed by atoms with Gasteiger partial charge >= 0.3 is 0 Å². The van der Waals surface area contributed by atoms with Crippen LogP contribution in [0, 0.1) is 0 Å². The Bertz CT molecular complexity index is 1040. The van der Waals surface area contributed by atoms with Crippen molar-refractivity contribution in [2.75, 3.05) is 14.2 Å². The lowest BCUT2D eigenvalue weighted by Crippen LogP contribution is -2.54. The van der Waals surface area contributed by atoms with Gasteiger partial charge < -0.3 is 20.5 Å². The first-order valence-corrected chi connectivity index (χ1v) is 9.77. The van der Waals surface area contributed by atoms with Crippen LogP contribution in [0.5, 0.6) is 11.5 Å². The summed E-state index contributed by atoms with van der Waals surface area (Å²) in [4.78, 5) is 28.7. The van der Waals surface area contributed by atoms with Crippen LogP contribution in [0.1, 0.15) is 23.2 Å². The summed E-state index contributed by atoms with van der Waals surface area (Å²) in [7, 11) is 3.22. The van der Waals surface area contributed by atoms with E-state index >= 15 is 0 Å². The number of fused-ring (bicyclic) bond motifs is 1. The molecule has 0 spiro atoms. The van der Waals surface area contributed by atoms with Gasteiger partial charge in [-0.1, -0.05) is 12.2 Å². The second-order valence-electron chi connectivity index (χ2n) is 7.41. The van der Waals surface area contributed by atoms with Crippen LogP contribution in [0.15, 0.2) is 48.7 Å². The van der Waals surface area contributed by atoms with E-state index in [1.807, 2.05) is 12.2 Å². The molecule has 1 saturated carbocycles. The average molecular weight is 408 g/mol. The zero-order valence-corrected chi connectivity index (χ0v) is 16.8. The Morgan fingerprint density at radius 1 is 1.20 bits per heavy atom. The molecular formula is C22H24N4O4. The topological polar surface area (TPSA) is 116 Å². The number of carbonyl (C=O) groups excluding carboxylic acids is 2. The number of pyridine rings is 1. The van der Waals surface area contributed by atoms with Gasteiger partial charge in [-0.3, -0.25) is 19.9 Å². The Morgan fingerprint density at radius 3 is 2.53 bits per heavy atom. The van der Waals surface area contributed by atoms with Crippen LogP contribution in [0.2, 0.25) is 0 Å². The highest BCUT2D eigenvalue weighted by Crippen LogP contribution is 2.32. The molecule has 4 N–H and O–H groups in total. The van der Waals surface area contributed by atoms with Gasteiger partial charge in [0.05, 0.1) is 18.2 Å². The zero-order valence-electron chi connectivity index (χ0n) is 16.8. The monoisotopic (exact) mass is 408 g/mol. The predicted octanol–water partition coefficient (Wildman–Crippen LogP) is 1.45. The number of hydrogen-bond acceptors (Lipinski definition) is 6. The van der Waals surface area contributed by atoms with Crippen LogP contribution in [0.3, 0.4) is 0 Å². The van der Waals surface area contributed by atoms with Gasteiger partial charge in [-0.15, -0.1) is 0 Å². The van der Waals surface area contributed by atoms with Gasteiger partial charge in [-0.05, 0) is 44.2 Å². The number of amides is 2. The number of likely N-dealkylation sites (N-methyl/N-ethyl adjacent to an activating group) is 1. The number of primary amides is 1. The normalized spacial score (nSPS) is 22.7. The van der Waals surface area contributed by atoms with Crippen LogP contribution >= 0.6 is 0 Å². The SMILES string of the molecule is CNC1(C(=O)NC2CC2)C=CC(Oc2ccnc3cc(OC)c(C(N)=O)cc23)C=C1. The van der Waals surface area contributed by atoms with E-state index in [2.05, 4.69) is 15.6 Å². The molecule has 2 aliphatic rings. The summed E-state index contributed by atoms with van der Waals surface area (Å²) < 4.78 is 11.4. The highest BCUT2D eigenvalue weighted by Gasteiger charge is 2.37. The van der Waals surface area contributed by atoms with Crippen molar-refractivity contribution >= 4 is 22.7 Å². The number of methoxy groups -OCH3 is 1. The number of nitrogens with zero attached hydrogens (tertiary/aromatic N) is 1. The molecule has 0 saturated heterocycles. The van der Waals surface area contributed by atoms with Crippen molar-refractivity contribution in [2.24, 2.45) is 5.73 Å². The molecule has 1 aromatic heterocycles. The highest BCUT2D eigenvalue weighted by molar-refractivity contribution is 6.01. The molecule has 8 heteroatoms. The van der Waals surface area contributed by atoms with Crippen LogP contribution < -0.4 is 25.8 Å². The minimum atomic E-state index is -0.894. The first kappa shape index (κ1) is 19.9. The Morgan fingerprint density at radius 2 is 1.93 bits per heavy atom. The molecule has 0 bridgehead atoms. The fourth-order valence-corrected chi connectivity index (χ4v) is 3.41. The van der Waals surface area contributed by atoms with Crippen molar-refractivity contribution in [3.05, 3.63) is 54.3 Å². The van der Waals surface area contributed by atoms with E-state index in [1.54, 1.807) is 43.6 Å². The standard InChI is InChI=1S/C22H24N4O4/c1-24-22(21(28)26-13-3-4-13)8-5-14(6-9-22)30-18-7-10-25-17-12-19(29-2)16(20(23)27)11-15(17)18/h5-14,24H,3-4H2,1-2H3,(H2,23,27)(H,26,28). The first-order chi connectivity index (χ1) is 14.5. The summed E-state index contributed by atoms with van der Waals surface area (Å²) in [6, 6.07) is 5.28. The summed E-state index contributed by atoms with van der Waals surface area (Å²) >= 11 is 0. The summed E-state index contributed by atoms with van der Waals surface area (Å²) in [5.41, 5.74) is 5.46. The Kier molecular flexibility index (Phi) is 5.17. The number of aromatic nitrogens is 1. The zero-order chi connectivity index (χ0) is 21.3. The maximum Gasteiger partial charge on any atom is 0.252 e. The van der Waals surface area contributed by atoms with E-state index < -0.39 is 11.4 Å². The summed E-state index contributed by atoms with van der Waals surface area (Å²) in [6.07, 6.45) is 10.5. The van der Waals surface area contributed by atoms with Gasteiger partial charge in [0, 0.05) is 23.7 Å². The molecule has 4 rings (SSSR count). The molecule has 2 amide bonds. The third-order valence-electron chi connectivity index (χ3n) is 5.35. The van der Waals surface area contributed by atoms with Gasteiger partial charge in [-0.25, -0.2) is 0 Å². The smallest absolute Gasteiger partial charge is 0.252 e. The van der Waals surface area contributed by atoms with Gasteiger partial charge in [0.15, 0.2) is 0 Å². The van der Waals surface area contributed by atoms with Crippen molar-refractivity contribution < 1.29 is 19.1 Å². The lowest BCUT2D eigenvalue weighted by atomic mass is 9.92. The number of nitrogens with one attached hydrogen (secondary N) is 2. The molecule has 1 fully saturated rings. The van der Waals surface area contributed by atoms with Crippen LogP contribution in [0.25, 0.3) is 10.9 Å². The summed E-state index contributed by atoms with van der Waals surface area (Å²) in [5, 5.41) is 6.75.